The number of carbonyl (C=O) groups excluding carboxylic acids is 4. The van der Waals surface area contributed by atoms with Gasteiger partial charge in [0, 0.05) is 25.3 Å². The van der Waals surface area contributed by atoms with Crippen molar-refractivity contribution < 1.29 is 38.5 Å². The van der Waals surface area contributed by atoms with E-state index in [4.69, 9.17) is 25.8 Å². The number of aromatic hydroxyl groups is 1. The Labute approximate surface area is 274 Å². The molecule has 11 heteroatoms. The largest absolute Gasteiger partial charge is 0.506 e. The fourth-order valence-corrected chi connectivity index (χ4v) is 5.51. The summed E-state index contributed by atoms with van der Waals surface area (Å²) in [6.45, 7) is 8.84. The number of ether oxygens (including phenoxy) is 3. The lowest BCUT2D eigenvalue weighted by molar-refractivity contribution is -0.179. The summed E-state index contributed by atoms with van der Waals surface area (Å²) in [5, 5.41) is 15.4. The van der Waals surface area contributed by atoms with Crippen LogP contribution in [0.25, 0.3) is 0 Å². The third kappa shape index (κ3) is 9.33. The van der Waals surface area contributed by atoms with E-state index in [1.54, 1.807) is 26.0 Å². The van der Waals surface area contributed by atoms with Crippen LogP contribution in [0.2, 0.25) is 5.02 Å². The van der Waals surface area contributed by atoms with Crippen LogP contribution in [0.15, 0.2) is 60.7 Å². The smallest absolute Gasteiger partial charge is 0.347 e. The van der Waals surface area contributed by atoms with Gasteiger partial charge in [-0.2, -0.15) is 0 Å². The second-order valence-electron chi connectivity index (χ2n) is 13.1. The number of esters is 2. The number of phenolic OH excluding ortho intramolecular Hbond substituents is 1. The number of epoxide rings is 1. The fourth-order valence-electron chi connectivity index (χ4n) is 5.31. The Morgan fingerprint density at radius 1 is 1.02 bits per heavy atom. The maximum Gasteiger partial charge on any atom is 0.347 e. The molecule has 2 aliphatic rings. The van der Waals surface area contributed by atoms with Gasteiger partial charge in [0.05, 0.1) is 16.5 Å². The van der Waals surface area contributed by atoms with Crippen LogP contribution in [-0.2, 0) is 39.8 Å². The van der Waals surface area contributed by atoms with Gasteiger partial charge < -0.3 is 30.0 Å². The van der Waals surface area contributed by atoms with Crippen LogP contribution < -0.4 is 10.6 Å². The van der Waals surface area contributed by atoms with Crippen molar-refractivity contribution in [2.45, 2.75) is 84.3 Å². The molecule has 4 rings (SSSR count). The number of halogens is 1. The van der Waals surface area contributed by atoms with Crippen LogP contribution in [0.3, 0.4) is 0 Å². The Morgan fingerprint density at radius 3 is 2.41 bits per heavy atom. The monoisotopic (exact) mass is 654 g/mol. The van der Waals surface area contributed by atoms with Gasteiger partial charge in [0.1, 0.15) is 24.0 Å². The summed E-state index contributed by atoms with van der Waals surface area (Å²) in [6, 6.07) is 13.3. The van der Waals surface area contributed by atoms with Gasteiger partial charge in [-0.1, -0.05) is 74.8 Å². The van der Waals surface area contributed by atoms with E-state index in [1.807, 2.05) is 51.1 Å². The highest BCUT2D eigenvalue weighted by Gasteiger charge is 2.48. The topological polar surface area (TPSA) is 144 Å². The Morgan fingerprint density at radius 2 is 1.74 bits per heavy atom. The van der Waals surface area contributed by atoms with E-state index >= 15 is 0 Å². The van der Waals surface area contributed by atoms with Crippen LogP contribution >= 0.6 is 11.6 Å². The molecule has 0 saturated carbocycles. The van der Waals surface area contributed by atoms with E-state index in [-0.39, 0.29) is 60.6 Å². The Kier molecular flexibility index (Phi) is 11.5. The number of phenols is 1. The van der Waals surface area contributed by atoms with E-state index in [0.29, 0.717) is 5.56 Å². The van der Waals surface area contributed by atoms with Crippen molar-refractivity contribution in [2.24, 2.45) is 17.3 Å². The van der Waals surface area contributed by atoms with Gasteiger partial charge in [0.25, 0.3) is 0 Å². The van der Waals surface area contributed by atoms with Crippen molar-refractivity contribution in [1.82, 2.24) is 10.6 Å². The molecule has 2 aromatic carbocycles. The maximum absolute atomic E-state index is 13.5. The molecule has 0 bridgehead atoms. The van der Waals surface area contributed by atoms with Gasteiger partial charge in [-0.05, 0) is 55.5 Å². The van der Waals surface area contributed by atoms with Crippen LogP contribution in [-0.4, -0.2) is 59.8 Å². The number of amides is 2. The van der Waals surface area contributed by atoms with Gasteiger partial charge in [0.2, 0.25) is 11.8 Å². The zero-order valence-corrected chi connectivity index (χ0v) is 27.6. The summed E-state index contributed by atoms with van der Waals surface area (Å²) >= 11 is 6.08. The van der Waals surface area contributed by atoms with E-state index < -0.39 is 47.4 Å². The van der Waals surface area contributed by atoms with Gasteiger partial charge in [-0.25, -0.2) is 4.79 Å². The molecule has 2 amide bonds. The maximum atomic E-state index is 13.5. The molecule has 2 heterocycles. The van der Waals surface area contributed by atoms with Gasteiger partial charge in [0.15, 0.2) is 6.10 Å². The third-order valence-corrected chi connectivity index (χ3v) is 8.51. The lowest BCUT2D eigenvalue weighted by Gasteiger charge is -2.29. The first kappa shape index (κ1) is 35.0. The normalized spacial score (nSPS) is 27.2. The second-order valence-corrected chi connectivity index (χ2v) is 13.5. The summed E-state index contributed by atoms with van der Waals surface area (Å²) in [5.74, 6) is -2.75. The first-order valence-electron chi connectivity index (χ1n) is 15.6. The molecule has 0 aromatic heterocycles. The SMILES string of the molecule is CC(C)CC1OC(=O)C(C)(C)CNC(=O)[C@@H](Cc2ccc(O)c(Cl)c2)NC(=O)/C=C/C[C@@H]([C@H](C)[C@@H]2O[C@H]2c2ccccc2)OC1=O. The predicted molar refractivity (Wildman–Crippen MR) is 172 cm³/mol. The first-order chi connectivity index (χ1) is 21.7. The second kappa shape index (κ2) is 15.1. The summed E-state index contributed by atoms with van der Waals surface area (Å²) in [7, 11) is 0. The third-order valence-electron chi connectivity index (χ3n) is 8.20. The van der Waals surface area contributed by atoms with Crippen molar-refractivity contribution in [3.05, 3.63) is 76.8 Å². The van der Waals surface area contributed by atoms with Gasteiger partial charge in [-0.15, -0.1) is 0 Å². The molecule has 2 aromatic rings. The lowest BCUT2D eigenvalue weighted by Crippen LogP contribution is -2.51. The molecule has 6 atom stereocenters. The molecule has 0 spiro atoms. The van der Waals surface area contributed by atoms with E-state index in [2.05, 4.69) is 10.6 Å². The summed E-state index contributed by atoms with van der Waals surface area (Å²) in [5.41, 5.74) is 0.410. The molecular formula is C35H43ClN2O8. The van der Waals surface area contributed by atoms with Crippen molar-refractivity contribution >= 4 is 35.4 Å². The molecular weight excluding hydrogens is 612 g/mol. The summed E-state index contributed by atoms with van der Waals surface area (Å²) in [6.07, 6.45) is 1.18. The molecule has 46 heavy (non-hydrogen) atoms. The van der Waals surface area contributed by atoms with Crippen LogP contribution in [0.1, 0.15) is 64.7 Å². The minimum absolute atomic E-state index is 0.0154. The Hall–Kier alpha value is -3.89. The highest BCUT2D eigenvalue weighted by Crippen LogP contribution is 2.45. The first-order valence-corrected chi connectivity index (χ1v) is 16.0. The van der Waals surface area contributed by atoms with E-state index in [0.717, 1.165) is 5.56 Å². The van der Waals surface area contributed by atoms with Gasteiger partial charge >= 0.3 is 11.9 Å². The molecule has 248 valence electrons. The Balaban J connectivity index is 1.61. The average Bonchev–Trinajstić information content (AvgIpc) is 3.81. The fraction of sp³-hybridized carbons (Fsp3) is 0.486. The zero-order valence-electron chi connectivity index (χ0n) is 26.8. The van der Waals surface area contributed by atoms with Crippen LogP contribution in [0, 0.1) is 17.3 Å². The van der Waals surface area contributed by atoms with Crippen molar-refractivity contribution in [2.75, 3.05) is 6.54 Å². The standard InChI is InChI=1S/C35H43ClN2O8/c1-20(2)16-28-33(42)44-27(21(3)30-31(46-30)23-10-7-6-8-11-23)12-9-13-29(40)38-25(18-22-14-15-26(39)24(36)17-22)32(41)37-19-35(4,5)34(43)45-28/h6-11,13-15,17,20-21,25,27-28,30-31,39H,12,16,18-19H2,1-5H3,(H,37,41)(H,38,40)/b13-9+/t21-,25+,27-,28?,30-,31-/m0/s1. The number of rotatable bonds is 7. The molecule has 2 aliphatic heterocycles. The minimum Gasteiger partial charge on any atom is -0.506 e. The number of nitrogens with one attached hydrogen (secondary N) is 2. The van der Waals surface area contributed by atoms with Crippen molar-refractivity contribution in [3.63, 3.8) is 0 Å². The van der Waals surface area contributed by atoms with Gasteiger partial charge in [-0.3, -0.25) is 14.4 Å². The van der Waals surface area contributed by atoms with E-state index in [9.17, 15) is 24.3 Å². The number of hydrogen-bond donors (Lipinski definition) is 3. The molecule has 1 saturated heterocycles. The Bertz CT molecular complexity index is 1440. The predicted octanol–water partition coefficient (Wildman–Crippen LogP) is 4.82. The van der Waals surface area contributed by atoms with Crippen molar-refractivity contribution in [1.29, 1.82) is 0 Å². The summed E-state index contributed by atoms with van der Waals surface area (Å²) in [4.78, 5) is 53.4. The molecule has 3 N–H and O–H groups in total. The number of benzene rings is 2. The molecule has 0 aliphatic carbocycles. The minimum atomic E-state index is -1.21. The zero-order chi connectivity index (χ0) is 33.6. The number of cyclic esters (lactones) is 2. The van der Waals surface area contributed by atoms with E-state index in [1.165, 1.54) is 18.2 Å². The average molecular weight is 655 g/mol. The highest BCUT2D eigenvalue weighted by molar-refractivity contribution is 6.32. The number of hydrogen-bond acceptors (Lipinski definition) is 8. The lowest BCUT2D eigenvalue weighted by atomic mass is 9.92. The quantitative estimate of drug-likeness (QED) is 0.285. The molecule has 1 fully saturated rings. The van der Waals surface area contributed by atoms with Crippen molar-refractivity contribution in [3.8, 4) is 5.75 Å². The molecule has 10 nitrogen and oxygen atoms in total. The molecule has 0 radical (unpaired) electrons. The molecule has 1 unspecified atom stereocenters. The summed E-state index contributed by atoms with van der Waals surface area (Å²) < 4.78 is 17.8. The highest BCUT2D eigenvalue weighted by atomic mass is 35.5. The number of carbonyl (C=O) groups is 4. The van der Waals surface area contributed by atoms with Crippen LogP contribution in [0.5, 0.6) is 5.75 Å². The van der Waals surface area contributed by atoms with Crippen LogP contribution in [0.4, 0.5) is 0 Å².